The highest BCUT2D eigenvalue weighted by atomic mass is 16.3. The first-order valence-corrected chi connectivity index (χ1v) is 8.26. The Labute approximate surface area is 132 Å². The fourth-order valence-corrected chi connectivity index (χ4v) is 2.81. The van der Waals surface area contributed by atoms with Gasteiger partial charge in [-0.1, -0.05) is 6.92 Å². The summed E-state index contributed by atoms with van der Waals surface area (Å²) in [7, 11) is 0. The molecule has 0 spiro atoms. The number of piperazine rings is 1. The number of hydrogen-bond acceptors (Lipinski definition) is 4. The second kappa shape index (κ2) is 8.29. The summed E-state index contributed by atoms with van der Waals surface area (Å²) in [4.78, 5) is 20.6. The van der Waals surface area contributed by atoms with Gasteiger partial charge in [0.25, 0.3) is 0 Å². The van der Waals surface area contributed by atoms with Crippen LogP contribution in [0.15, 0.2) is 12.4 Å². The van der Waals surface area contributed by atoms with E-state index >= 15 is 0 Å². The molecule has 1 saturated heterocycles. The maximum absolute atomic E-state index is 12.2. The van der Waals surface area contributed by atoms with Crippen LogP contribution in [0, 0.1) is 6.92 Å². The molecular formula is C16H28N4O2. The van der Waals surface area contributed by atoms with Crippen LogP contribution in [-0.4, -0.2) is 69.2 Å². The molecule has 1 aromatic heterocycles. The molecule has 1 aliphatic heterocycles. The van der Waals surface area contributed by atoms with Gasteiger partial charge in [-0.15, -0.1) is 0 Å². The Morgan fingerprint density at radius 2 is 2.09 bits per heavy atom. The van der Waals surface area contributed by atoms with E-state index < -0.39 is 0 Å². The van der Waals surface area contributed by atoms with E-state index in [0.29, 0.717) is 6.42 Å². The van der Waals surface area contributed by atoms with E-state index in [1.54, 1.807) is 6.20 Å². The lowest BCUT2D eigenvalue weighted by molar-refractivity contribution is -0.133. The Bertz CT molecular complexity index is 466. The molecule has 0 radical (unpaired) electrons. The van der Waals surface area contributed by atoms with E-state index in [4.69, 9.17) is 0 Å². The molecule has 1 amide bonds. The number of aliphatic hydroxyl groups excluding tert-OH is 1. The molecule has 1 fully saturated rings. The third-order valence-corrected chi connectivity index (χ3v) is 4.38. The van der Waals surface area contributed by atoms with Gasteiger partial charge in [-0.05, 0) is 19.8 Å². The van der Waals surface area contributed by atoms with Crippen molar-refractivity contribution in [3.8, 4) is 0 Å². The second-order valence-corrected chi connectivity index (χ2v) is 6.01. The summed E-state index contributed by atoms with van der Waals surface area (Å²) in [5.41, 5.74) is 0. The minimum atomic E-state index is -0.249. The van der Waals surface area contributed by atoms with Crippen molar-refractivity contribution in [1.82, 2.24) is 19.4 Å². The van der Waals surface area contributed by atoms with Crippen LogP contribution in [0.2, 0.25) is 0 Å². The monoisotopic (exact) mass is 308 g/mol. The molecule has 2 heterocycles. The van der Waals surface area contributed by atoms with Gasteiger partial charge in [-0.3, -0.25) is 9.69 Å². The van der Waals surface area contributed by atoms with Gasteiger partial charge in [0.2, 0.25) is 5.91 Å². The van der Waals surface area contributed by atoms with E-state index in [-0.39, 0.29) is 12.0 Å². The zero-order chi connectivity index (χ0) is 15.9. The summed E-state index contributed by atoms with van der Waals surface area (Å²) < 4.78 is 2.08. The quantitative estimate of drug-likeness (QED) is 0.812. The summed E-state index contributed by atoms with van der Waals surface area (Å²) in [5, 5.41) is 9.68. The van der Waals surface area contributed by atoms with Gasteiger partial charge >= 0.3 is 0 Å². The smallest absolute Gasteiger partial charge is 0.222 e. The van der Waals surface area contributed by atoms with Crippen molar-refractivity contribution >= 4 is 5.91 Å². The normalized spacial score (nSPS) is 17.7. The standard InChI is InChI=1S/C16H28N4O2/c1-3-15(21)13-18-9-11-20(12-10-18)16(22)5-4-7-19-8-6-17-14(19)2/h6,8,15,21H,3-5,7,9-13H2,1-2H3. The van der Waals surface area contributed by atoms with Crippen molar-refractivity contribution in [3.63, 3.8) is 0 Å². The Kier molecular flexibility index (Phi) is 6.39. The van der Waals surface area contributed by atoms with Gasteiger partial charge in [0.05, 0.1) is 6.10 Å². The molecule has 1 atom stereocenters. The number of imidazole rings is 1. The van der Waals surface area contributed by atoms with Crippen LogP contribution in [0.5, 0.6) is 0 Å². The topological polar surface area (TPSA) is 61.6 Å². The number of hydrogen-bond donors (Lipinski definition) is 1. The van der Waals surface area contributed by atoms with Crippen molar-refractivity contribution in [2.24, 2.45) is 0 Å². The van der Waals surface area contributed by atoms with Crippen LogP contribution >= 0.6 is 0 Å². The molecule has 1 aromatic rings. The molecule has 6 heteroatoms. The Hall–Kier alpha value is -1.40. The predicted octanol–water partition coefficient (Wildman–Crippen LogP) is 0.887. The van der Waals surface area contributed by atoms with Crippen LogP contribution in [0.3, 0.4) is 0 Å². The predicted molar refractivity (Wildman–Crippen MR) is 85.5 cm³/mol. The molecular weight excluding hydrogens is 280 g/mol. The number of rotatable bonds is 7. The largest absolute Gasteiger partial charge is 0.392 e. The Morgan fingerprint density at radius 1 is 1.36 bits per heavy atom. The van der Waals surface area contributed by atoms with Gasteiger partial charge in [-0.2, -0.15) is 0 Å². The molecule has 0 bridgehead atoms. The molecule has 6 nitrogen and oxygen atoms in total. The molecule has 0 saturated carbocycles. The zero-order valence-electron chi connectivity index (χ0n) is 13.7. The summed E-state index contributed by atoms with van der Waals surface area (Å²) in [5.74, 6) is 1.24. The first kappa shape index (κ1) is 17.0. The van der Waals surface area contributed by atoms with E-state index in [1.807, 2.05) is 24.9 Å². The minimum Gasteiger partial charge on any atom is -0.392 e. The summed E-state index contributed by atoms with van der Waals surface area (Å²) in [6.45, 7) is 8.82. The van der Waals surface area contributed by atoms with Crippen molar-refractivity contribution in [1.29, 1.82) is 0 Å². The number of carbonyl (C=O) groups is 1. The first-order valence-electron chi connectivity index (χ1n) is 8.26. The van der Waals surface area contributed by atoms with Gasteiger partial charge in [0.15, 0.2) is 0 Å². The van der Waals surface area contributed by atoms with E-state index in [9.17, 15) is 9.90 Å². The average molecular weight is 308 g/mol. The lowest BCUT2D eigenvalue weighted by Gasteiger charge is -2.35. The van der Waals surface area contributed by atoms with Gasteiger partial charge < -0.3 is 14.6 Å². The number of nitrogens with zero attached hydrogens (tertiary/aromatic N) is 4. The summed E-state index contributed by atoms with van der Waals surface area (Å²) in [6.07, 6.45) is 5.73. The highest BCUT2D eigenvalue weighted by Gasteiger charge is 2.21. The lowest BCUT2D eigenvalue weighted by Crippen LogP contribution is -2.50. The number of amides is 1. The molecule has 0 aromatic carbocycles. The van der Waals surface area contributed by atoms with Crippen LogP contribution in [0.25, 0.3) is 0 Å². The fraction of sp³-hybridized carbons (Fsp3) is 0.750. The number of carbonyl (C=O) groups excluding carboxylic acids is 1. The summed E-state index contributed by atoms with van der Waals surface area (Å²) >= 11 is 0. The van der Waals surface area contributed by atoms with E-state index in [2.05, 4.69) is 14.5 Å². The van der Waals surface area contributed by atoms with E-state index in [1.165, 1.54) is 0 Å². The molecule has 1 unspecified atom stereocenters. The third kappa shape index (κ3) is 4.81. The second-order valence-electron chi connectivity index (χ2n) is 6.01. The van der Waals surface area contributed by atoms with Crippen LogP contribution in [-0.2, 0) is 11.3 Å². The summed E-state index contributed by atoms with van der Waals surface area (Å²) in [6, 6.07) is 0. The molecule has 1 aliphatic rings. The van der Waals surface area contributed by atoms with E-state index in [0.717, 1.165) is 57.9 Å². The SMILES string of the molecule is CCC(O)CN1CCN(C(=O)CCCn2ccnc2C)CC1. The third-order valence-electron chi connectivity index (χ3n) is 4.38. The Morgan fingerprint density at radius 3 is 2.68 bits per heavy atom. The van der Waals surface area contributed by atoms with Crippen LogP contribution in [0.1, 0.15) is 32.0 Å². The van der Waals surface area contributed by atoms with Crippen LogP contribution in [0.4, 0.5) is 0 Å². The zero-order valence-corrected chi connectivity index (χ0v) is 13.7. The van der Waals surface area contributed by atoms with Crippen molar-refractivity contribution in [3.05, 3.63) is 18.2 Å². The number of β-amino-alcohol motifs (C(OH)–C–C–N with tert-alkyl or cyclic N) is 1. The lowest BCUT2D eigenvalue weighted by atomic mass is 10.2. The van der Waals surface area contributed by atoms with Crippen molar-refractivity contribution in [2.45, 2.75) is 45.8 Å². The maximum Gasteiger partial charge on any atom is 0.222 e. The van der Waals surface area contributed by atoms with Crippen molar-refractivity contribution < 1.29 is 9.90 Å². The van der Waals surface area contributed by atoms with Crippen LogP contribution < -0.4 is 0 Å². The average Bonchev–Trinajstić information content (AvgIpc) is 2.93. The highest BCUT2D eigenvalue weighted by molar-refractivity contribution is 5.76. The molecule has 2 rings (SSSR count). The molecule has 0 aliphatic carbocycles. The fourth-order valence-electron chi connectivity index (χ4n) is 2.81. The molecule has 1 N–H and O–H groups in total. The highest BCUT2D eigenvalue weighted by Crippen LogP contribution is 2.08. The van der Waals surface area contributed by atoms with Gasteiger partial charge in [-0.25, -0.2) is 4.98 Å². The first-order chi connectivity index (χ1) is 10.6. The van der Waals surface area contributed by atoms with Gasteiger partial charge in [0.1, 0.15) is 5.82 Å². The van der Waals surface area contributed by atoms with Gasteiger partial charge in [0, 0.05) is 58.1 Å². The Balaban J connectivity index is 1.66. The number of aryl methyl sites for hydroxylation is 2. The minimum absolute atomic E-state index is 0.244. The van der Waals surface area contributed by atoms with Crippen molar-refractivity contribution in [2.75, 3.05) is 32.7 Å². The number of aliphatic hydroxyl groups is 1. The maximum atomic E-state index is 12.2. The molecule has 124 valence electrons. The number of aromatic nitrogens is 2. The molecule has 22 heavy (non-hydrogen) atoms.